The van der Waals surface area contributed by atoms with Crippen LogP contribution in [0.2, 0.25) is 5.02 Å². The van der Waals surface area contributed by atoms with Crippen LogP contribution in [0.1, 0.15) is 17.2 Å². The normalized spacial score (nSPS) is 12.4. The van der Waals surface area contributed by atoms with E-state index in [2.05, 4.69) is 10.4 Å². The molecule has 18 heavy (non-hydrogen) atoms. The third-order valence-electron chi connectivity index (χ3n) is 2.71. The lowest BCUT2D eigenvalue weighted by Crippen LogP contribution is -2.29. The Hall–Kier alpha value is -1.49. The molecule has 1 aromatic carbocycles. The number of nitrogens with one attached hydrogen (secondary N) is 1. The molecule has 0 saturated carbocycles. The summed E-state index contributed by atoms with van der Waals surface area (Å²) in [6, 6.07) is 8.04. The first-order valence-electron chi connectivity index (χ1n) is 5.50. The highest BCUT2D eigenvalue weighted by atomic mass is 35.5. The Morgan fingerprint density at radius 2 is 2.22 bits per heavy atom. The number of hydrogen-bond donors (Lipinski definition) is 2. The summed E-state index contributed by atoms with van der Waals surface area (Å²) in [6.07, 6.45) is 3.77. The Morgan fingerprint density at radius 1 is 1.39 bits per heavy atom. The van der Waals surface area contributed by atoms with Gasteiger partial charge in [-0.25, -0.2) is 4.39 Å². The van der Waals surface area contributed by atoms with Crippen molar-refractivity contribution < 1.29 is 4.39 Å². The Morgan fingerprint density at radius 3 is 2.89 bits per heavy atom. The predicted octanol–water partition coefficient (Wildman–Crippen LogP) is 2.62. The van der Waals surface area contributed by atoms with Gasteiger partial charge in [0.2, 0.25) is 0 Å². The molecule has 0 fully saturated rings. The molecule has 0 spiro atoms. The van der Waals surface area contributed by atoms with Crippen molar-refractivity contribution in [2.45, 2.75) is 12.5 Å². The van der Waals surface area contributed by atoms with Crippen LogP contribution in [0.5, 0.6) is 0 Å². The summed E-state index contributed by atoms with van der Waals surface area (Å²) < 4.78 is 13.1. The minimum absolute atomic E-state index is 0.178. The summed E-state index contributed by atoms with van der Waals surface area (Å²) in [5.74, 6) is 5.28. The highest BCUT2D eigenvalue weighted by molar-refractivity contribution is 6.31. The second-order valence-corrected chi connectivity index (χ2v) is 4.36. The van der Waals surface area contributed by atoms with Crippen molar-refractivity contribution in [1.29, 1.82) is 0 Å². The van der Waals surface area contributed by atoms with E-state index in [4.69, 9.17) is 17.4 Å². The van der Waals surface area contributed by atoms with E-state index in [0.717, 1.165) is 11.1 Å². The summed E-state index contributed by atoms with van der Waals surface area (Å²) >= 11 is 6.06. The van der Waals surface area contributed by atoms with Crippen LogP contribution in [-0.4, -0.2) is 4.98 Å². The number of pyridine rings is 1. The Bertz CT molecular complexity index is 533. The van der Waals surface area contributed by atoms with Crippen molar-refractivity contribution in [3.8, 4) is 0 Å². The van der Waals surface area contributed by atoms with Crippen LogP contribution >= 0.6 is 11.6 Å². The third kappa shape index (κ3) is 3.04. The van der Waals surface area contributed by atoms with Crippen LogP contribution in [0, 0.1) is 5.82 Å². The van der Waals surface area contributed by atoms with Gasteiger partial charge in [0.1, 0.15) is 5.82 Å². The average Bonchev–Trinajstić information content (AvgIpc) is 2.37. The van der Waals surface area contributed by atoms with Gasteiger partial charge >= 0.3 is 0 Å². The molecular formula is C13H13ClFN3. The summed E-state index contributed by atoms with van der Waals surface area (Å²) in [6.45, 7) is 0. The molecule has 94 valence electrons. The van der Waals surface area contributed by atoms with Gasteiger partial charge in [-0.1, -0.05) is 23.7 Å². The smallest absolute Gasteiger partial charge is 0.123 e. The number of rotatable bonds is 4. The Balaban J connectivity index is 2.23. The van der Waals surface area contributed by atoms with Gasteiger partial charge in [0.15, 0.2) is 0 Å². The molecular weight excluding hydrogens is 253 g/mol. The summed E-state index contributed by atoms with van der Waals surface area (Å²) in [5, 5.41) is 0.539. The Kier molecular flexibility index (Phi) is 4.25. The molecule has 0 radical (unpaired) electrons. The molecule has 2 rings (SSSR count). The summed E-state index contributed by atoms with van der Waals surface area (Å²) in [4.78, 5) is 3.92. The lowest BCUT2D eigenvalue weighted by molar-refractivity contribution is 0.548. The molecule has 0 aliphatic heterocycles. The Labute approximate surface area is 110 Å². The van der Waals surface area contributed by atoms with Crippen LogP contribution in [0.25, 0.3) is 0 Å². The van der Waals surface area contributed by atoms with Crippen molar-refractivity contribution in [2.24, 2.45) is 5.84 Å². The number of halogens is 2. The van der Waals surface area contributed by atoms with Crippen molar-refractivity contribution in [3.63, 3.8) is 0 Å². The van der Waals surface area contributed by atoms with Gasteiger partial charge in [-0.2, -0.15) is 0 Å². The molecule has 1 heterocycles. The quantitative estimate of drug-likeness (QED) is 0.660. The molecule has 0 aliphatic carbocycles. The van der Waals surface area contributed by atoms with Gasteiger partial charge < -0.3 is 0 Å². The molecule has 2 aromatic rings. The average molecular weight is 266 g/mol. The molecule has 1 aromatic heterocycles. The zero-order valence-electron chi connectivity index (χ0n) is 9.61. The lowest BCUT2D eigenvalue weighted by Gasteiger charge is -2.17. The maximum atomic E-state index is 13.1. The van der Waals surface area contributed by atoms with Gasteiger partial charge in [-0.3, -0.25) is 16.3 Å². The van der Waals surface area contributed by atoms with Crippen molar-refractivity contribution >= 4 is 11.6 Å². The molecule has 1 atom stereocenters. The van der Waals surface area contributed by atoms with Crippen LogP contribution in [0.3, 0.4) is 0 Å². The van der Waals surface area contributed by atoms with E-state index in [1.165, 1.54) is 12.1 Å². The SMILES string of the molecule is NNC(Cc1cccc(F)c1)c1ccncc1Cl. The predicted molar refractivity (Wildman–Crippen MR) is 69.4 cm³/mol. The van der Waals surface area contributed by atoms with Crippen molar-refractivity contribution in [3.05, 3.63) is 64.7 Å². The minimum atomic E-state index is -0.260. The van der Waals surface area contributed by atoms with Gasteiger partial charge in [0.25, 0.3) is 0 Å². The van der Waals surface area contributed by atoms with Gasteiger partial charge in [-0.15, -0.1) is 0 Å². The van der Waals surface area contributed by atoms with E-state index in [9.17, 15) is 4.39 Å². The molecule has 0 bridgehead atoms. The monoisotopic (exact) mass is 265 g/mol. The minimum Gasteiger partial charge on any atom is -0.271 e. The topological polar surface area (TPSA) is 50.9 Å². The van der Waals surface area contributed by atoms with Crippen molar-refractivity contribution in [1.82, 2.24) is 10.4 Å². The maximum absolute atomic E-state index is 13.1. The zero-order valence-corrected chi connectivity index (χ0v) is 10.4. The van der Waals surface area contributed by atoms with Gasteiger partial charge in [0.05, 0.1) is 11.1 Å². The van der Waals surface area contributed by atoms with E-state index < -0.39 is 0 Å². The van der Waals surface area contributed by atoms with Gasteiger partial charge in [-0.05, 0) is 35.7 Å². The third-order valence-corrected chi connectivity index (χ3v) is 3.03. The molecule has 0 aliphatic rings. The fraction of sp³-hybridized carbons (Fsp3) is 0.154. The fourth-order valence-electron chi connectivity index (χ4n) is 1.83. The number of aromatic nitrogens is 1. The van der Waals surface area contributed by atoms with Crippen LogP contribution in [-0.2, 0) is 6.42 Å². The van der Waals surface area contributed by atoms with E-state index in [1.807, 2.05) is 6.07 Å². The summed E-state index contributed by atoms with van der Waals surface area (Å²) in [7, 11) is 0. The second kappa shape index (κ2) is 5.91. The van der Waals surface area contributed by atoms with Gasteiger partial charge in [0, 0.05) is 12.4 Å². The van der Waals surface area contributed by atoms with Crippen LogP contribution in [0.15, 0.2) is 42.7 Å². The molecule has 1 unspecified atom stereocenters. The first-order valence-corrected chi connectivity index (χ1v) is 5.88. The molecule has 0 saturated heterocycles. The first kappa shape index (κ1) is 13.0. The molecule has 0 amide bonds. The largest absolute Gasteiger partial charge is 0.271 e. The zero-order chi connectivity index (χ0) is 13.0. The van der Waals surface area contributed by atoms with E-state index in [-0.39, 0.29) is 11.9 Å². The molecule has 5 heteroatoms. The second-order valence-electron chi connectivity index (χ2n) is 3.95. The number of nitrogens with two attached hydrogens (primary N) is 1. The maximum Gasteiger partial charge on any atom is 0.123 e. The van der Waals surface area contributed by atoms with Crippen LogP contribution in [0.4, 0.5) is 4.39 Å². The number of benzene rings is 1. The van der Waals surface area contributed by atoms with E-state index in [1.54, 1.807) is 24.5 Å². The standard InChI is InChI=1S/C13H13ClFN3/c14-12-8-17-5-4-11(12)13(18-16)7-9-2-1-3-10(15)6-9/h1-6,8,13,18H,7,16H2. The number of nitrogens with zero attached hydrogens (tertiary/aromatic N) is 1. The van der Waals surface area contributed by atoms with Crippen molar-refractivity contribution in [2.75, 3.05) is 0 Å². The molecule has 3 nitrogen and oxygen atoms in total. The highest BCUT2D eigenvalue weighted by Gasteiger charge is 2.14. The first-order chi connectivity index (χ1) is 8.70. The fourth-order valence-corrected chi connectivity index (χ4v) is 2.08. The van der Waals surface area contributed by atoms with E-state index >= 15 is 0 Å². The number of hydrazine groups is 1. The summed E-state index contributed by atoms with van der Waals surface area (Å²) in [5.41, 5.74) is 4.39. The highest BCUT2D eigenvalue weighted by Crippen LogP contribution is 2.24. The van der Waals surface area contributed by atoms with E-state index in [0.29, 0.717) is 11.4 Å². The van der Waals surface area contributed by atoms with Crippen LogP contribution < -0.4 is 11.3 Å². The lowest BCUT2D eigenvalue weighted by atomic mass is 10.0. The number of hydrogen-bond acceptors (Lipinski definition) is 3. The molecule has 3 N–H and O–H groups in total.